The van der Waals surface area contributed by atoms with E-state index in [1.165, 1.54) is 36.4 Å². The van der Waals surface area contributed by atoms with Gasteiger partial charge in [-0.1, -0.05) is 11.6 Å². The van der Waals surface area contributed by atoms with Crippen LogP contribution >= 0.6 is 11.6 Å². The molecule has 2 aromatic carbocycles. The van der Waals surface area contributed by atoms with Crippen LogP contribution in [0.2, 0.25) is 5.02 Å². The summed E-state index contributed by atoms with van der Waals surface area (Å²) in [4.78, 5) is 38.9. The second-order valence-corrected chi connectivity index (χ2v) is 6.20. The summed E-state index contributed by atoms with van der Waals surface area (Å²) in [6.45, 7) is 1.60. The molecule has 0 fully saturated rings. The molecule has 8 nitrogen and oxygen atoms in total. The summed E-state index contributed by atoms with van der Waals surface area (Å²) in [5.41, 5.74) is 4.92. The van der Waals surface area contributed by atoms with Crippen molar-refractivity contribution in [2.45, 2.75) is 6.92 Å². The van der Waals surface area contributed by atoms with Gasteiger partial charge < -0.3 is 0 Å². The number of hydrogen-bond acceptors (Lipinski definition) is 5. The number of aryl methyl sites for hydroxylation is 1. The van der Waals surface area contributed by atoms with E-state index in [9.17, 15) is 24.1 Å². The van der Waals surface area contributed by atoms with Crippen LogP contribution in [0.4, 0.5) is 10.1 Å². The molecule has 0 aliphatic carbocycles. The molecule has 1 aromatic heterocycles. The largest absolute Gasteiger partial charge is 0.288 e. The highest BCUT2D eigenvalue weighted by Crippen LogP contribution is 2.25. The third kappa shape index (κ3) is 3.89. The number of nitrogens with one attached hydrogen (secondary N) is 2. The van der Waals surface area contributed by atoms with Gasteiger partial charge in [0.25, 0.3) is 17.5 Å². The number of nitro benzene ring substituents is 1. The fourth-order valence-corrected chi connectivity index (χ4v) is 2.71. The minimum Gasteiger partial charge on any atom is -0.267 e. The molecule has 2 N–H and O–H groups in total. The van der Waals surface area contributed by atoms with Gasteiger partial charge in [0.1, 0.15) is 10.8 Å². The van der Waals surface area contributed by atoms with Crippen molar-refractivity contribution in [3.05, 3.63) is 80.2 Å². The number of aromatic nitrogens is 1. The number of amides is 2. The zero-order valence-electron chi connectivity index (χ0n) is 14.3. The van der Waals surface area contributed by atoms with E-state index in [0.717, 1.165) is 6.07 Å². The van der Waals surface area contributed by atoms with Crippen molar-refractivity contribution >= 4 is 40.0 Å². The molecule has 0 atom stereocenters. The van der Waals surface area contributed by atoms with E-state index in [-0.39, 0.29) is 16.1 Å². The Morgan fingerprint density at radius 1 is 1.11 bits per heavy atom. The van der Waals surface area contributed by atoms with Gasteiger partial charge in [-0.2, -0.15) is 0 Å². The molecule has 1 heterocycles. The molecule has 10 heteroatoms. The molecule has 142 valence electrons. The van der Waals surface area contributed by atoms with Gasteiger partial charge in [-0.05, 0) is 43.3 Å². The first-order valence-corrected chi connectivity index (χ1v) is 8.25. The van der Waals surface area contributed by atoms with Crippen molar-refractivity contribution in [2.75, 3.05) is 0 Å². The van der Waals surface area contributed by atoms with Crippen LogP contribution in [0.3, 0.4) is 0 Å². The van der Waals surface area contributed by atoms with Crippen molar-refractivity contribution in [3.63, 3.8) is 0 Å². The maximum Gasteiger partial charge on any atom is 0.288 e. The van der Waals surface area contributed by atoms with Crippen LogP contribution < -0.4 is 10.9 Å². The molecule has 2 amide bonds. The number of carbonyl (C=O) groups is 2. The highest BCUT2D eigenvalue weighted by Gasteiger charge is 2.18. The lowest BCUT2D eigenvalue weighted by atomic mass is 10.1. The van der Waals surface area contributed by atoms with Gasteiger partial charge in [0.2, 0.25) is 0 Å². The Hall–Kier alpha value is -3.59. The highest BCUT2D eigenvalue weighted by atomic mass is 35.5. The summed E-state index contributed by atoms with van der Waals surface area (Å²) < 4.78 is 13.4. The van der Waals surface area contributed by atoms with E-state index in [1.54, 1.807) is 6.92 Å². The average Bonchev–Trinajstić information content (AvgIpc) is 2.65. The van der Waals surface area contributed by atoms with Gasteiger partial charge in [0, 0.05) is 17.0 Å². The van der Waals surface area contributed by atoms with E-state index < -0.39 is 28.2 Å². The number of carbonyl (C=O) groups excluding carboxylic acids is 2. The Bertz CT molecular complexity index is 1140. The van der Waals surface area contributed by atoms with Crippen molar-refractivity contribution in [1.29, 1.82) is 0 Å². The SMILES string of the molecule is Cc1nc2ccc(F)cc2cc1C(=O)NNC(=O)c1ccc(Cl)c([N+](=O)[O-])c1. The molecule has 3 rings (SSSR count). The number of hydrazine groups is 1. The zero-order valence-corrected chi connectivity index (χ0v) is 15.1. The number of pyridine rings is 1. The van der Waals surface area contributed by atoms with Gasteiger partial charge in [0.05, 0.1) is 21.7 Å². The summed E-state index contributed by atoms with van der Waals surface area (Å²) in [5, 5.41) is 11.2. The molecule has 3 aromatic rings. The third-order valence-corrected chi connectivity index (χ3v) is 4.23. The predicted molar refractivity (Wildman–Crippen MR) is 99.5 cm³/mol. The summed E-state index contributed by atoms with van der Waals surface area (Å²) in [7, 11) is 0. The normalized spacial score (nSPS) is 10.5. The van der Waals surface area contributed by atoms with Gasteiger partial charge in [-0.15, -0.1) is 0 Å². The van der Waals surface area contributed by atoms with Crippen LogP contribution in [0.25, 0.3) is 10.9 Å². The Balaban J connectivity index is 1.78. The molecular formula is C18H12ClFN4O4. The van der Waals surface area contributed by atoms with Crippen molar-refractivity contribution in [2.24, 2.45) is 0 Å². The maximum absolute atomic E-state index is 13.4. The monoisotopic (exact) mass is 402 g/mol. The Morgan fingerprint density at radius 3 is 2.54 bits per heavy atom. The first kappa shape index (κ1) is 19.2. The molecule has 0 saturated heterocycles. The van der Waals surface area contributed by atoms with E-state index in [0.29, 0.717) is 16.6 Å². The molecule has 0 spiro atoms. The van der Waals surface area contributed by atoms with Gasteiger partial charge in [0.15, 0.2) is 0 Å². The van der Waals surface area contributed by atoms with Crippen LogP contribution in [-0.4, -0.2) is 21.7 Å². The molecule has 0 bridgehead atoms. The average molecular weight is 403 g/mol. The minimum atomic E-state index is -0.773. The molecule has 0 radical (unpaired) electrons. The van der Waals surface area contributed by atoms with Crippen molar-refractivity contribution < 1.29 is 18.9 Å². The van der Waals surface area contributed by atoms with Crippen LogP contribution in [0.1, 0.15) is 26.4 Å². The smallest absolute Gasteiger partial charge is 0.267 e. The number of nitro groups is 1. The van der Waals surface area contributed by atoms with Gasteiger partial charge >= 0.3 is 0 Å². The maximum atomic E-state index is 13.4. The Morgan fingerprint density at radius 2 is 1.82 bits per heavy atom. The highest BCUT2D eigenvalue weighted by molar-refractivity contribution is 6.32. The second kappa shape index (κ2) is 7.57. The zero-order chi connectivity index (χ0) is 20.4. The summed E-state index contributed by atoms with van der Waals surface area (Å²) in [6.07, 6.45) is 0. The number of halogens is 2. The molecule has 28 heavy (non-hydrogen) atoms. The lowest BCUT2D eigenvalue weighted by molar-refractivity contribution is -0.384. The molecular weight excluding hydrogens is 391 g/mol. The Kier molecular flexibility index (Phi) is 5.18. The predicted octanol–water partition coefficient (Wildman–Crippen LogP) is 3.32. The number of benzene rings is 2. The standard InChI is InChI=1S/C18H12ClFN4O4/c1-9-13(7-11-6-12(20)3-5-15(11)21-9)18(26)23-22-17(25)10-2-4-14(19)16(8-10)24(27)28/h2-8H,1H3,(H,22,25)(H,23,26). The van der Waals surface area contributed by atoms with Crippen molar-refractivity contribution in [3.8, 4) is 0 Å². The summed E-state index contributed by atoms with van der Waals surface area (Å²) in [6, 6.07) is 8.94. The van der Waals surface area contributed by atoms with Gasteiger partial charge in [-0.3, -0.25) is 35.5 Å². The van der Waals surface area contributed by atoms with Crippen LogP contribution in [-0.2, 0) is 0 Å². The first-order valence-electron chi connectivity index (χ1n) is 7.88. The molecule has 0 saturated carbocycles. The van der Waals surface area contributed by atoms with E-state index in [2.05, 4.69) is 15.8 Å². The fraction of sp³-hybridized carbons (Fsp3) is 0.0556. The number of nitrogens with zero attached hydrogens (tertiary/aromatic N) is 2. The number of rotatable bonds is 3. The number of fused-ring (bicyclic) bond motifs is 1. The van der Waals surface area contributed by atoms with E-state index in [1.807, 2.05) is 0 Å². The first-order chi connectivity index (χ1) is 13.3. The van der Waals surface area contributed by atoms with E-state index in [4.69, 9.17) is 11.6 Å². The Labute approximate surface area is 162 Å². The van der Waals surface area contributed by atoms with E-state index >= 15 is 0 Å². The lowest BCUT2D eigenvalue weighted by Crippen LogP contribution is -2.42. The van der Waals surface area contributed by atoms with Crippen LogP contribution in [0, 0.1) is 22.9 Å². The summed E-state index contributed by atoms with van der Waals surface area (Å²) in [5.74, 6) is -1.92. The quantitative estimate of drug-likeness (QED) is 0.515. The lowest BCUT2D eigenvalue weighted by Gasteiger charge is -2.10. The third-order valence-electron chi connectivity index (χ3n) is 3.91. The summed E-state index contributed by atoms with van der Waals surface area (Å²) >= 11 is 5.70. The van der Waals surface area contributed by atoms with Gasteiger partial charge in [-0.25, -0.2) is 4.39 Å². The molecule has 0 aliphatic heterocycles. The minimum absolute atomic E-state index is 0.0631. The molecule has 0 aliphatic rings. The topological polar surface area (TPSA) is 114 Å². The fourth-order valence-electron chi connectivity index (χ4n) is 2.52. The molecule has 0 unspecified atom stereocenters. The second-order valence-electron chi connectivity index (χ2n) is 5.79. The number of hydrogen-bond donors (Lipinski definition) is 2. The van der Waals surface area contributed by atoms with Crippen LogP contribution in [0.5, 0.6) is 0 Å². The van der Waals surface area contributed by atoms with Crippen LogP contribution in [0.15, 0.2) is 42.5 Å². The van der Waals surface area contributed by atoms with Crippen molar-refractivity contribution in [1.82, 2.24) is 15.8 Å².